The molecule has 0 atom stereocenters. The van der Waals surface area contributed by atoms with Gasteiger partial charge in [0, 0.05) is 6.20 Å². The van der Waals surface area contributed by atoms with Gasteiger partial charge in [-0.1, -0.05) is 0 Å². The summed E-state index contributed by atoms with van der Waals surface area (Å²) < 4.78 is 42.0. The zero-order valence-electron chi connectivity index (χ0n) is 7.43. The second-order valence-corrected chi connectivity index (χ2v) is 3.24. The van der Waals surface area contributed by atoms with Crippen molar-refractivity contribution >= 4 is 21.9 Å². The van der Waals surface area contributed by atoms with Gasteiger partial charge >= 0.3 is 5.97 Å². The first-order valence-electron chi connectivity index (χ1n) is 3.69. The lowest BCUT2D eigenvalue weighted by Gasteiger charge is -2.08. The highest BCUT2D eigenvalue weighted by Crippen LogP contribution is 2.27. The molecule has 0 bridgehead atoms. The molecule has 0 spiro atoms. The number of pyridine rings is 1. The van der Waals surface area contributed by atoms with Crippen molar-refractivity contribution < 1.29 is 22.7 Å². The number of carbonyl (C=O) groups is 1. The van der Waals surface area contributed by atoms with E-state index in [-0.39, 0.29) is 4.60 Å². The summed E-state index contributed by atoms with van der Waals surface area (Å²) in [7, 11) is 0.978. The number of hydrogen-bond donors (Lipinski definition) is 0. The molecule has 0 N–H and O–H groups in total. The first-order chi connectivity index (χ1) is 6.99. The summed E-state index contributed by atoms with van der Waals surface area (Å²) in [5.41, 5.74) is -1.59. The van der Waals surface area contributed by atoms with E-state index in [9.17, 15) is 18.0 Å². The minimum absolute atomic E-state index is 0.313. The molecule has 0 aliphatic rings. The van der Waals surface area contributed by atoms with E-state index in [0.717, 1.165) is 13.3 Å². The van der Waals surface area contributed by atoms with E-state index < -0.39 is 29.3 Å². The summed E-state index contributed by atoms with van der Waals surface area (Å²) >= 11 is 2.69. The summed E-state index contributed by atoms with van der Waals surface area (Å²) in [4.78, 5) is 14.4. The molecule has 0 aliphatic heterocycles. The van der Waals surface area contributed by atoms with Gasteiger partial charge in [-0.15, -0.1) is 0 Å². The van der Waals surface area contributed by atoms with Crippen LogP contribution in [0.3, 0.4) is 0 Å². The van der Waals surface area contributed by atoms with Gasteiger partial charge in [0.1, 0.15) is 10.2 Å². The molecule has 15 heavy (non-hydrogen) atoms. The van der Waals surface area contributed by atoms with Gasteiger partial charge < -0.3 is 4.74 Å². The molecule has 1 aromatic rings. The molecule has 3 nitrogen and oxygen atoms in total. The molecule has 82 valence electrons. The average molecular weight is 284 g/mol. The normalized spacial score (nSPS) is 10.5. The number of ether oxygens (including phenoxy) is 1. The number of methoxy groups -OCH3 is 1. The van der Waals surface area contributed by atoms with Crippen molar-refractivity contribution in [3.05, 3.63) is 27.7 Å². The molecule has 0 radical (unpaired) electrons. The van der Waals surface area contributed by atoms with Crippen LogP contribution in [0, 0.1) is 5.82 Å². The van der Waals surface area contributed by atoms with E-state index in [1.165, 1.54) is 0 Å². The fourth-order valence-electron chi connectivity index (χ4n) is 0.952. The van der Waals surface area contributed by atoms with Gasteiger partial charge in [0.2, 0.25) is 0 Å². The predicted molar refractivity (Wildman–Crippen MR) is 48.2 cm³/mol. The Morgan fingerprint density at radius 1 is 1.60 bits per heavy atom. The predicted octanol–water partition coefficient (Wildman–Crippen LogP) is 2.71. The van der Waals surface area contributed by atoms with E-state index in [0.29, 0.717) is 0 Å². The second-order valence-electron chi connectivity index (χ2n) is 2.49. The summed E-state index contributed by atoms with van der Waals surface area (Å²) in [5.74, 6) is -2.31. The Bertz CT molecular complexity index is 398. The van der Waals surface area contributed by atoms with Crippen molar-refractivity contribution in [1.82, 2.24) is 4.98 Å². The van der Waals surface area contributed by atoms with Crippen LogP contribution in [0.4, 0.5) is 13.2 Å². The van der Waals surface area contributed by atoms with Crippen molar-refractivity contribution in [2.45, 2.75) is 6.43 Å². The molecule has 0 fully saturated rings. The quantitative estimate of drug-likeness (QED) is 0.619. The Balaban J connectivity index is 3.41. The fourth-order valence-corrected chi connectivity index (χ4v) is 1.25. The molecule has 0 saturated carbocycles. The van der Waals surface area contributed by atoms with Crippen molar-refractivity contribution in [3.8, 4) is 0 Å². The zero-order chi connectivity index (χ0) is 11.6. The lowest BCUT2D eigenvalue weighted by molar-refractivity contribution is 0.0582. The molecule has 1 heterocycles. The Labute approximate surface area is 91.4 Å². The third-order valence-electron chi connectivity index (χ3n) is 1.63. The first-order valence-corrected chi connectivity index (χ1v) is 4.48. The molecular weight excluding hydrogens is 279 g/mol. The third-order valence-corrected chi connectivity index (χ3v) is 2.18. The second kappa shape index (κ2) is 4.61. The summed E-state index contributed by atoms with van der Waals surface area (Å²) in [6.07, 6.45) is -2.27. The van der Waals surface area contributed by atoms with Crippen molar-refractivity contribution in [1.29, 1.82) is 0 Å². The average Bonchev–Trinajstić information content (AvgIpc) is 2.20. The van der Waals surface area contributed by atoms with Gasteiger partial charge in [-0.3, -0.25) is 0 Å². The van der Waals surface area contributed by atoms with E-state index in [1.807, 2.05) is 0 Å². The Morgan fingerprint density at radius 2 is 2.20 bits per heavy atom. The molecule has 0 amide bonds. The van der Waals surface area contributed by atoms with Gasteiger partial charge in [-0.05, 0) is 15.9 Å². The minimum atomic E-state index is -2.99. The van der Waals surface area contributed by atoms with Gasteiger partial charge in [-0.2, -0.15) is 0 Å². The highest BCUT2D eigenvalue weighted by Gasteiger charge is 2.25. The number of esters is 1. The third kappa shape index (κ3) is 2.28. The van der Waals surface area contributed by atoms with E-state index in [4.69, 9.17) is 0 Å². The lowest BCUT2D eigenvalue weighted by Crippen LogP contribution is -2.10. The standard InChI is InChI=1S/C8H5BrF3NO2/c1-15-8(14)4-3(7(11)12)2-13-6(9)5(4)10/h2,7H,1H3. The van der Waals surface area contributed by atoms with Crippen LogP contribution < -0.4 is 0 Å². The van der Waals surface area contributed by atoms with Gasteiger partial charge in [-0.25, -0.2) is 22.9 Å². The van der Waals surface area contributed by atoms with Crippen LogP contribution in [0.15, 0.2) is 10.8 Å². The molecule has 0 aliphatic carbocycles. The van der Waals surface area contributed by atoms with Crippen LogP contribution in [0.2, 0.25) is 0 Å². The SMILES string of the molecule is COC(=O)c1c(C(F)F)cnc(Br)c1F. The number of hydrogen-bond acceptors (Lipinski definition) is 3. The van der Waals surface area contributed by atoms with Crippen molar-refractivity contribution in [3.63, 3.8) is 0 Å². The lowest BCUT2D eigenvalue weighted by atomic mass is 10.1. The van der Waals surface area contributed by atoms with Gasteiger partial charge in [0.05, 0.1) is 12.7 Å². The molecule has 7 heteroatoms. The number of nitrogens with zero attached hydrogens (tertiary/aromatic N) is 1. The first kappa shape index (κ1) is 12.0. The zero-order valence-corrected chi connectivity index (χ0v) is 9.02. The van der Waals surface area contributed by atoms with Crippen LogP contribution in [0.25, 0.3) is 0 Å². The Kier molecular flexibility index (Phi) is 3.67. The van der Waals surface area contributed by atoms with Gasteiger partial charge in [0.15, 0.2) is 5.82 Å². The Hall–Kier alpha value is -1.11. The van der Waals surface area contributed by atoms with Crippen LogP contribution in [0.1, 0.15) is 22.3 Å². The van der Waals surface area contributed by atoms with Gasteiger partial charge in [0.25, 0.3) is 6.43 Å². The highest BCUT2D eigenvalue weighted by molar-refractivity contribution is 9.10. The maximum atomic E-state index is 13.3. The number of rotatable bonds is 2. The number of halogens is 4. The largest absolute Gasteiger partial charge is 0.465 e. The van der Waals surface area contributed by atoms with Crippen molar-refractivity contribution in [2.75, 3.05) is 7.11 Å². The number of alkyl halides is 2. The van der Waals surface area contributed by atoms with Crippen LogP contribution in [-0.2, 0) is 4.74 Å². The maximum absolute atomic E-state index is 13.3. The molecule has 0 saturated heterocycles. The Morgan fingerprint density at radius 3 is 2.67 bits per heavy atom. The number of aromatic nitrogens is 1. The van der Waals surface area contributed by atoms with E-state index in [2.05, 4.69) is 25.7 Å². The smallest absolute Gasteiger partial charge is 0.341 e. The maximum Gasteiger partial charge on any atom is 0.341 e. The molecule has 1 aromatic heterocycles. The topological polar surface area (TPSA) is 39.2 Å². The summed E-state index contributed by atoms with van der Waals surface area (Å²) in [5, 5.41) is 0. The van der Waals surface area contributed by atoms with Crippen LogP contribution >= 0.6 is 15.9 Å². The highest BCUT2D eigenvalue weighted by atomic mass is 79.9. The van der Waals surface area contributed by atoms with E-state index >= 15 is 0 Å². The summed E-state index contributed by atoms with van der Waals surface area (Å²) in [6.45, 7) is 0. The fraction of sp³-hybridized carbons (Fsp3) is 0.250. The molecule has 1 rings (SSSR count). The van der Waals surface area contributed by atoms with Crippen LogP contribution in [-0.4, -0.2) is 18.1 Å². The monoisotopic (exact) mass is 283 g/mol. The molecular formula is C8H5BrF3NO2. The minimum Gasteiger partial charge on any atom is -0.465 e. The molecule has 0 unspecified atom stereocenters. The number of carbonyl (C=O) groups excluding carboxylic acids is 1. The van der Waals surface area contributed by atoms with E-state index in [1.54, 1.807) is 0 Å². The molecule has 0 aromatic carbocycles. The summed E-state index contributed by atoms with van der Waals surface area (Å²) in [6, 6.07) is 0. The van der Waals surface area contributed by atoms with Crippen molar-refractivity contribution in [2.24, 2.45) is 0 Å². The van der Waals surface area contributed by atoms with Crippen LogP contribution in [0.5, 0.6) is 0 Å².